The van der Waals surface area contributed by atoms with Gasteiger partial charge in [0, 0.05) is 19.1 Å². The van der Waals surface area contributed by atoms with E-state index in [1.807, 2.05) is 12.2 Å². The molecule has 1 rings (SSSR count). The van der Waals surface area contributed by atoms with Crippen LogP contribution in [0.2, 0.25) is 0 Å². The molecule has 1 unspecified atom stereocenters. The van der Waals surface area contributed by atoms with Crippen molar-refractivity contribution in [3.63, 3.8) is 0 Å². The van der Waals surface area contributed by atoms with Gasteiger partial charge >= 0.3 is 0 Å². The van der Waals surface area contributed by atoms with Gasteiger partial charge < -0.3 is 4.90 Å². The summed E-state index contributed by atoms with van der Waals surface area (Å²) < 4.78 is 0. The fourth-order valence-corrected chi connectivity index (χ4v) is 2.54. The molecule has 2 nitrogen and oxygen atoms in total. The van der Waals surface area contributed by atoms with Crippen molar-refractivity contribution in [3.8, 4) is 0 Å². The lowest BCUT2D eigenvalue weighted by atomic mass is 10.1. The monoisotopic (exact) mass is 262 g/mol. The van der Waals surface area contributed by atoms with E-state index in [9.17, 15) is 0 Å². The van der Waals surface area contributed by atoms with Crippen molar-refractivity contribution < 1.29 is 0 Å². The normalized spacial score (nSPS) is 20.9. The van der Waals surface area contributed by atoms with Gasteiger partial charge in [-0.2, -0.15) is 0 Å². The molecule has 0 radical (unpaired) electrons. The molecule has 1 fully saturated rings. The van der Waals surface area contributed by atoms with Crippen molar-refractivity contribution in [1.82, 2.24) is 9.80 Å². The van der Waals surface area contributed by atoms with Gasteiger partial charge in [-0.15, -0.1) is 0 Å². The van der Waals surface area contributed by atoms with E-state index in [-0.39, 0.29) is 0 Å². The van der Waals surface area contributed by atoms with E-state index in [2.05, 4.69) is 48.5 Å². The molecule has 0 spiro atoms. The molecule has 1 aliphatic heterocycles. The molecule has 0 amide bonds. The van der Waals surface area contributed by atoms with Gasteiger partial charge in [0.25, 0.3) is 0 Å². The Morgan fingerprint density at radius 3 is 2.68 bits per heavy atom. The summed E-state index contributed by atoms with van der Waals surface area (Å²) in [5.41, 5.74) is 0. The first kappa shape index (κ1) is 16.2. The fourth-order valence-electron chi connectivity index (χ4n) is 2.54. The van der Waals surface area contributed by atoms with Gasteiger partial charge in [0.1, 0.15) is 0 Å². The molecule has 108 valence electrons. The second kappa shape index (κ2) is 9.99. The van der Waals surface area contributed by atoms with Crippen LogP contribution in [0.5, 0.6) is 0 Å². The highest BCUT2D eigenvalue weighted by Crippen LogP contribution is 2.10. The van der Waals surface area contributed by atoms with E-state index in [0.29, 0.717) is 6.04 Å². The van der Waals surface area contributed by atoms with Crippen molar-refractivity contribution >= 4 is 0 Å². The molecule has 1 saturated heterocycles. The fraction of sp³-hybridized carbons (Fsp3) is 0.647. The smallest absolute Gasteiger partial charge is 0.0112 e. The van der Waals surface area contributed by atoms with Gasteiger partial charge in [-0.25, -0.2) is 0 Å². The maximum atomic E-state index is 3.67. The summed E-state index contributed by atoms with van der Waals surface area (Å²) in [7, 11) is 0. The quantitative estimate of drug-likeness (QED) is 0.512. The van der Waals surface area contributed by atoms with Gasteiger partial charge in [0.05, 0.1) is 0 Å². The average molecular weight is 262 g/mol. The Morgan fingerprint density at radius 2 is 1.95 bits per heavy atom. The van der Waals surface area contributed by atoms with E-state index in [1.54, 1.807) is 0 Å². The first-order chi connectivity index (χ1) is 9.27. The maximum absolute atomic E-state index is 3.67. The number of likely N-dealkylation sites (N-methyl/N-ethyl adjacent to an activating group) is 1. The largest absolute Gasteiger partial charge is 0.302 e. The summed E-state index contributed by atoms with van der Waals surface area (Å²) in [5.74, 6) is 0. The minimum Gasteiger partial charge on any atom is -0.302 e. The highest BCUT2D eigenvalue weighted by Gasteiger charge is 2.17. The van der Waals surface area contributed by atoms with Crippen LogP contribution in [-0.2, 0) is 0 Å². The molecule has 0 saturated carbocycles. The maximum Gasteiger partial charge on any atom is 0.0112 e. The van der Waals surface area contributed by atoms with Crippen LogP contribution in [-0.4, -0.2) is 48.6 Å². The Hall–Kier alpha value is -0.860. The van der Waals surface area contributed by atoms with Crippen molar-refractivity contribution in [2.75, 3.05) is 32.7 Å². The molecular formula is C17H30N2. The van der Waals surface area contributed by atoms with Crippen LogP contribution in [0.4, 0.5) is 0 Å². The summed E-state index contributed by atoms with van der Waals surface area (Å²) in [6.07, 6.45) is 14.0. The van der Waals surface area contributed by atoms with E-state index >= 15 is 0 Å². The Morgan fingerprint density at radius 1 is 1.11 bits per heavy atom. The molecule has 0 aliphatic carbocycles. The van der Waals surface area contributed by atoms with Gasteiger partial charge in [0.15, 0.2) is 0 Å². The molecule has 1 atom stereocenters. The van der Waals surface area contributed by atoms with Gasteiger partial charge in [0.2, 0.25) is 0 Å². The van der Waals surface area contributed by atoms with E-state index in [0.717, 1.165) is 12.8 Å². The van der Waals surface area contributed by atoms with Gasteiger partial charge in [-0.1, -0.05) is 43.9 Å². The number of hydrogen-bond acceptors (Lipinski definition) is 2. The van der Waals surface area contributed by atoms with Crippen molar-refractivity contribution in [1.29, 1.82) is 0 Å². The second-order valence-electron chi connectivity index (χ2n) is 5.28. The van der Waals surface area contributed by atoms with E-state index in [1.165, 1.54) is 39.1 Å². The summed E-state index contributed by atoms with van der Waals surface area (Å²) in [5, 5.41) is 0. The number of rotatable bonds is 7. The van der Waals surface area contributed by atoms with Crippen LogP contribution < -0.4 is 0 Å². The van der Waals surface area contributed by atoms with Gasteiger partial charge in [-0.3, -0.25) is 4.90 Å². The lowest BCUT2D eigenvalue weighted by Gasteiger charge is -2.26. The second-order valence-corrected chi connectivity index (χ2v) is 5.28. The third-order valence-electron chi connectivity index (χ3n) is 3.88. The zero-order valence-electron chi connectivity index (χ0n) is 12.7. The van der Waals surface area contributed by atoms with Gasteiger partial charge in [-0.05, 0) is 45.8 Å². The van der Waals surface area contributed by atoms with Crippen LogP contribution in [0.25, 0.3) is 0 Å². The van der Waals surface area contributed by atoms with Crippen LogP contribution in [0.15, 0.2) is 37.0 Å². The first-order valence-electron chi connectivity index (χ1n) is 7.67. The Kier molecular flexibility index (Phi) is 8.52. The van der Waals surface area contributed by atoms with Crippen molar-refractivity contribution in [2.45, 2.75) is 39.2 Å². The standard InChI is InChI=1S/C17H30N2/c1-4-6-7-8-9-10-12-17(3)19-14-11-13-18(5-2)15-16-19/h4,6-7,9-10,17H,1,5,8,11-16H2,2-3H3/b7-6-,10-9-. The summed E-state index contributed by atoms with van der Waals surface area (Å²) in [6.45, 7) is 14.4. The third kappa shape index (κ3) is 6.74. The molecule has 0 aromatic rings. The molecule has 0 N–H and O–H groups in total. The minimum absolute atomic E-state index is 0.663. The molecule has 2 heteroatoms. The topological polar surface area (TPSA) is 6.48 Å². The van der Waals surface area contributed by atoms with Crippen molar-refractivity contribution in [3.05, 3.63) is 37.0 Å². The molecule has 1 heterocycles. The first-order valence-corrected chi connectivity index (χ1v) is 7.67. The highest BCUT2D eigenvalue weighted by atomic mass is 15.2. The Labute approximate surface area is 119 Å². The molecule has 0 bridgehead atoms. The lowest BCUT2D eigenvalue weighted by Crippen LogP contribution is -2.36. The zero-order chi connectivity index (χ0) is 13.9. The van der Waals surface area contributed by atoms with Crippen LogP contribution in [0.3, 0.4) is 0 Å². The minimum atomic E-state index is 0.663. The summed E-state index contributed by atoms with van der Waals surface area (Å²) in [6, 6.07) is 0.663. The molecular weight excluding hydrogens is 232 g/mol. The number of nitrogens with zero attached hydrogens (tertiary/aromatic N) is 2. The summed E-state index contributed by atoms with van der Waals surface area (Å²) >= 11 is 0. The average Bonchev–Trinajstić information content (AvgIpc) is 2.67. The SMILES string of the molecule is C=C/C=C\C/C=C\CC(C)N1CCCN(CC)CC1. The predicted molar refractivity (Wildman–Crippen MR) is 85.5 cm³/mol. The predicted octanol–water partition coefficient (Wildman–Crippen LogP) is 3.48. The van der Waals surface area contributed by atoms with E-state index < -0.39 is 0 Å². The number of hydrogen-bond donors (Lipinski definition) is 0. The summed E-state index contributed by atoms with van der Waals surface area (Å²) in [4.78, 5) is 5.20. The Balaban J connectivity index is 2.26. The van der Waals surface area contributed by atoms with Crippen LogP contribution in [0.1, 0.15) is 33.1 Å². The van der Waals surface area contributed by atoms with Crippen molar-refractivity contribution in [2.24, 2.45) is 0 Å². The van der Waals surface area contributed by atoms with E-state index in [4.69, 9.17) is 0 Å². The Bertz CT molecular complexity index is 294. The van der Waals surface area contributed by atoms with Crippen LogP contribution >= 0.6 is 0 Å². The number of allylic oxidation sites excluding steroid dienone is 4. The lowest BCUT2D eigenvalue weighted by molar-refractivity contribution is 0.211. The molecule has 19 heavy (non-hydrogen) atoms. The molecule has 0 aromatic heterocycles. The molecule has 0 aromatic carbocycles. The highest BCUT2D eigenvalue weighted by molar-refractivity contribution is 5.01. The zero-order valence-corrected chi connectivity index (χ0v) is 12.7. The van der Waals surface area contributed by atoms with Crippen LogP contribution in [0, 0.1) is 0 Å². The third-order valence-corrected chi connectivity index (χ3v) is 3.88. The molecule has 1 aliphatic rings.